The fraction of sp³-hybridized carbons (Fsp3) is 0.632. The number of piperidine rings is 1. The summed E-state index contributed by atoms with van der Waals surface area (Å²) in [5, 5.41) is 13.4. The topological polar surface area (TPSA) is 61.8 Å². The number of carbonyl (C=O) groups is 1. The van der Waals surface area contributed by atoms with E-state index in [0.717, 1.165) is 32.5 Å². The highest BCUT2D eigenvalue weighted by molar-refractivity contribution is 5.78. The average molecular weight is 332 g/mol. The second kappa shape index (κ2) is 8.10. The number of amides is 1. The van der Waals surface area contributed by atoms with Crippen LogP contribution in [0.15, 0.2) is 30.3 Å². The molecule has 0 atom stereocenters. The lowest BCUT2D eigenvalue weighted by Gasteiger charge is -2.34. The molecule has 0 saturated carbocycles. The first-order valence-electron chi connectivity index (χ1n) is 8.99. The highest BCUT2D eigenvalue weighted by Crippen LogP contribution is 2.22. The van der Waals surface area contributed by atoms with Crippen molar-refractivity contribution in [3.63, 3.8) is 0 Å². The Morgan fingerprint density at radius 1 is 1.21 bits per heavy atom. The molecule has 1 aromatic carbocycles. The molecule has 2 heterocycles. The number of ether oxygens (including phenoxy) is 1. The van der Waals surface area contributed by atoms with E-state index in [4.69, 9.17) is 4.74 Å². The van der Waals surface area contributed by atoms with Crippen molar-refractivity contribution in [1.82, 2.24) is 10.2 Å². The van der Waals surface area contributed by atoms with Crippen molar-refractivity contribution in [2.45, 2.75) is 37.8 Å². The molecule has 3 rings (SSSR count). The van der Waals surface area contributed by atoms with Crippen LogP contribution in [0.25, 0.3) is 0 Å². The van der Waals surface area contributed by atoms with E-state index in [9.17, 15) is 9.90 Å². The number of rotatable bonds is 5. The number of nitrogens with one attached hydrogen (secondary N) is 1. The number of benzene rings is 1. The molecule has 2 N–H and O–H groups in total. The smallest absolute Gasteiger partial charge is 0.223 e. The summed E-state index contributed by atoms with van der Waals surface area (Å²) in [6.07, 6.45) is 2.98. The quantitative estimate of drug-likeness (QED) is 0.859. The molecule has 0 aliphatic carbocycles. The summed E-state index contributed by atoms with van der Waals surface area (Å²) in [5.74, 6) is 0.162. The Kier molecular flexibility index (Phi) is 5.87. The van der Waals surface area contributed by atoms with Crippen LogP contribution in [0.3, 0.4) is 0 Å². The van der Waals surface area contributed by atoms with Crippen molar-refractivity contribution in [2.75, 3.05) is 32.8 Å². The lowest BCUT2D eigenvalue weighted by molar-refractivity contribution is -0.129. The van der Waals surface area contributed by atoms with Crippen LogP contribution in [-0.2, 0) is 16.1 Å². The van der Waals surface area contributed by atoms with Gasteiger partial charge in [0.25, 0.3) is 0 Å². The Bertz CT molecular complexity index is 521. The second-order valence-electron chi connectivity index (χ2n) is 7.09. The third kappa shape index (κ3) is 4.79. The average Bonchev–Trinajstić information content (AvgIpc) is 2.62. The zero-order chi connectivity index (χ0) is 16.8. The molecule has 1 aromatic rings. The molecule has 5 heteroatoms. The molecule has 2 aliphatic rings. The van der Waals surface area contributed by atoms with E-state index in [2.05, 4.69) is 34.5 Å². The fourth-order valence-corrected chi connectivity index (χ4v) is 3.52. The van der Waals surface area contributed by atoms with Crippen LogP contribution in [0.1, 0.15) is 31.2 Å². The first kappa shape index (κ1) is 17.4. The van der Waals surface area contributed by atoms with Gasteiger partial charge in [0.05, 0.1) is 5.60 Å². The molecule has 24 heavy (non-hydrogen) atoms. The van der Waals surface area contributed by atoms with Gasteiger partial charge in [-0.3, -0.25) is 9.69 Å². The molecule has 5 nitrogen and oxygen atoms in total. The van der Waals surface area contributed by atoms with Gasteiger partial charge in [0.15, 0.2) is 0 Å². The van der Waals surface area contributed by atoms with E-state index in [1.807, 2.05) is 6.07 Å². The van der Waals surface area contributed by atoms with Gasteiger partial charge in [-0.25, -0.2) is 0 Å². The Hall–Kier alpha value is -1.43. The van der Waals surface area contributed by atoms with Gasteiger partial charge in [0.2, 0.25) is 5.91 Å². The Morgan fingerprint density at radius 2 is 1.88 bits per heavy atom. The lowest BCUT2D eigenvalue weighted by atomic mass is 9.92. The van der Waals surface area contributed by atoms with E-state index in [-0.39, 0.29) is 11.8 Å². The van der Waals surface area contributed by atoms with Crippen LogP contribution in [0.4, 0.5) is 0 Å². The summed E-state index contributed by atoms with van der Waals surface area (Å²) in [6.45, 7) is 4.35. The van der Waals surface area contributed by atoms with Gasteiger partial charge >= 0.3 is 0 Å². The molecular weight excluding hydrogens is 304 g/mol. The Balaban J connectivity index is 1.40. The Labute approximate surface area is 144 Å². The van der Waals surface area contributed by atoms with Gasteiger partial charge in [-0.1, -0.05) is 30.3 Å². The van der Waals surface area contributed by atoms with Crippen molar-refractivity contribution in [1.29, 1.82) is 0 Å². The van der Waals surface area contributed by atoms with E-state index in [1.165, 1.54) is 5.56 Å². The minimum Gasteiger partial charge on any atom is -0.388 e. The van der Waals surface area contributed by atoms with Gasteiger partial charge in [-0.05, 0) is 31.5 Å². The molecular formula is C19H28N2O3. The minimum absolute atomic E-state index is 0.0699. The number of nitrogens with zero attached hydrogens (tertiary/aromatic N) is 1. The first-order chi connectivity index (χ1) is 11.6. The van der Waals surface area contributed by atoms with Gasteiger partial charge in [-0.15, -0.1) is 0 Å². The first-order valence-corrected chi connectivity index (χ1v) is 8.99. The molecule has 0 bridgehead atoms. The molecule has 0 unspecified atom stereocenters. The summed E-state index contributed by atoms with van der Waals surface area (Å²) in [5.41, 5.74) is 0.532. The molecule has 2 saturated heterocycles. The van der Waals surface area contributed by atoms with Crippen LogP contribution in [0.2, 0.25) is 0 Å². The van der Waals surface area contributed by atoms with Gasteiger partial charge in [-0.2, -0.15) is 0 Å². The molecule has 2 fully saturated rings. The summed E-state index contributed by atoms with van der Waals surface area (Å²) < 4.78 is 5.27. The maximum atomic E-state index is 12.4. The molecule has 2 aliphatic heterocycles. The standard InChI is InChI=1S/C19H28N2O3/c22-18(20-15-19(23)8-12-24-13-9-19)17-6-10-21(11-7-17)14-16-4-2-1-3-5-16/h1-5,17,23H,6-15H2,(H,20,22). The number of likely N-dealkylation sites (tertiary alicyclic amines) is 1. The third-order valence-electron chi connectivity index (χ3n) is 5.22. The maximum Gasteiger partial charge on any atom is 0.223 e. The number of carbonyl (C=O) groups excluding carboxylic acids is 1. The zero-order valence-corrected chi connectivity index (χ0v) is 14.2. The maximum absolute atomic E-state index is 12.4. The lowest BCUT2D eigenvalue weighted by Crippen LogP contribution is -2.49. The van der Waals surface area contributed by atoms with Crippen LogP contribution in [-0.4, -0.2) is 54.4 Å². The molecule has 0 spiro atoms. The number of aliphatic hydroxyl groups is 1. The molecule has 0 radical (unpaired) electrons. The third-order valence-corrected chi connectivity index (χ3v) is 5.22. The fourth-order valence-electron chi connectivity index (χ4n) is 3.52. The van der Waals surface area contributed by atoms with Gasteiger partial charge in [0.1, 0.15) is 0 Å². The van der Waals surface area contributed by atoms with Crippen molar-refractivity contribution >= 4 is 5.91 Å². The molecule has 132 valence electrons. The monoisotopic (exact) mass is 332 g/mol. The normalized spacial score (nSPS) is 22.2. The predicted octanol–water partition coefficient (Wildman–Crippen LogP) is 1.56. The van der Waals surface area contributed by atoms with Crippen molar-refractivity contribution in [3.8, 4) is 0 Å². The van der Waals surface area contributed by atoms with Crippen molar-refractivity contribution in [2.24, 2.45) is 5.92 Å². The van der Waals surface area contributed by atoms with E-state index < -0.39 is 5.60 Å². The van der Waals surface area contributed by atoms with Gasteiger partial charge < -0.3 is 15.2 Å². The van der Waals surface area contributed by atoms with E-state index in [1.54, 1.807) is 0 Å². The van der Waals surface area contributed by atoms with Crippen LogP contribution >= 0.6 is 0 Å². The highest BCUT2D eigenvalue weighted by atomic mass is 16.5. The van der Waals surface area contributed by atoms with Gasteiger partial charge in [0, 0.05) is 45.1 Å². The van der Waals surface area contributed by atoms with E-state index in [0.29, 0.717) is 32.6 Å². The number of hydrogen-bond acceptors (Lipinski definition) is 4. The largest absolute Gasteiger partial charge is 0.388 e. The second-order valence-corrected chi connectivity index (χ2v) is 7.09. The summed E-state index contributed by atoms with van der Waals surface area (Å²) in [7, 11) is 0. The van der Waals surface area contributed by atoms with Crippen LogP contribution in [0, 0.1) is 5.92 Å². The molecule has 0 aromatic heterocycles. The SMILES string of the molecule is O=C(NCC1(O)CCOCC1)C1CCN(Cc2ccccc2)CC1. The van der Waals surface area contributed by atoms with Crippen LogP contribution in [0.5, 0.6) is 0 Å². The Morgan fingerprint density at radius 3 is 2.54 bits per heavy atom. The van der Waals surface area contributed by atoms with Crippen molar-refractivity contribution in [3.05, 3.63) is 35.9 Å². The predicted molar refractivity (Wildman–Crippen MR) is 92.5 cm³/mol. The van der Waals surface area contributed by atoms with Crippen LogP contribution < -0.4 is 5.32 Å². The highest BCUT2D eigenvalue weighted by Gasteiger charge is 2.32. The summed E-state index contributed by atoms with van der Waals surface area (Å²) in [4.78, 5) is 14.8. The summed E-state index contributed by atoms with van der Waals surface area (Å²) in [6, 6.07) is 10.5. The van der Waals surface area contributed by atoms with Crippen molar-refractivity contribution < 1.29 is 14.6 Å². The number of hydrogen-bond donors (Lipinski definition) is 2. The molecule has 1 amide bonds. The van der Waals surface area contributed by atoms with E-state index >= 15 is 0 Å². The zero-order valence-electron chi connectivity index (χ0n) is 14.2. The summed E-state index contributed by atoms with van der Waals surface area (Å²) >= 11 is 0. The minimum atomic E-state index is -0.790.